The molecule has 0 saturated heterocycles. The monoisotopic (exact) mass is 230 g/mol. The lowest BCUT2D eigenvalue weighted by molar-refractivity contribution is 0.196. The van der Waals surface area contributed by atoms with Gasteiger partial charge in [0.15, 0.2) is 5.82 Å². The SMILES string of the molecule is CCCn1nnnc1CSC(C)C(C)O. The van der Waals surface area contributed by atoms with Crippen molar-refractivity contribution in [3.05, 3.63) is 5.82 Å². The summed E-state index contributed by atoms with van der Waals surface area (Å²) in [5, 5.41) is 21.1. The summed E-state index contributed by atoms with van der Waals surface area (Å²) in [7, 11) is 0. The third kappa shape index (κ3) is 3.79. The number of tetrazole rings is 1. The molecule has 6 heteroatoms. The summed E-state index contributed by atoms with van der Waals surface area (Å²) in [5.74, 6) is 1.63. The van der Waals surface area contributed by atoms with Crippen molar-refractivity contribution < 1.29 is 5.11 Å². The molecule has 0 amide bonds. The molecule has 0 aromatic carbocycles. The number of rotatable bonds is 6. The second-order valence-corrected chi connectivity index (χ2v) is 4.94. The highest BCUT2D eigenvalue weighted by molar-refractivity contribution is 7.99. The van der Waals surface area contributed by atoms with Crippen LogP contribution in [-0.4, -0.2) is 36.7 Å². The van der Waals surface area contributed by atoms with Crippen LogP contribution in [0.15, 0.2) is 0 Å². The van der Waals surface area contributed by atoms with E-state index in [4.69, 9.17) is 0 Å². The second kappa shape index (κ2) is 6.07. The second-order valence-electron chi connectivity index (χ2n) is 3.57. The van der Waals surface area contributed by atoms with E-state index in [1.807, 2.05) is 11.6 Å². The molecule has 0 aliphatic heterocycles. The van der Waals surface area contributed by atoms with Crippen LogP contribution in [0.4, 0.5) is 0 Å². The average molecular weight is 230 g/mol. The summed E-state index contributed by atoms with van der Waals surface area (Å²) in [6.07, 6.45) is 0.722. The molecule has 1 heterocycles. The normalized spacial score (nSPS) is 15.2. The Morgan fingerprint density at radius 2 is 2.20 bits per heavy atom. The molecule has 1 aromatic rings. The van der Waals surface area contributed by atoms with Crippen molar-refractivity contribution in [3.63, 3.8) is 0 Å². The van der Waals surface area contributed by atoms with Crippen LogP contribution in [0.25, 0.3) is 0 Å². The van der Waals surface area contributed by atoms with Crippen LogP contribution in [0.1, 0.15) is 33.0 Å². The Hall–Kier alpha value is -0.620. The van der Waals surface area contributed by atoms with Crippen molar-refractivity contribution in [2.75, 3.05) is 0 Å². The fourth-order valence-electron chi connectivity index (χ4n) is 1.06. The summed E-state index contributed by atoms with van der Waals surface area (Å²) in [6.45, 7) is 6.75. The first kappa shape index (κ1) is 12.4. The molecule has 0 radical (unpaired) electrons. The molecule has 15 heavy (non-hydrogen) atoms. The van der Waals surface area contributed by atoms with Crippen LogP contribution in [0, 0.1) is 0 Å². The lowest BCUT2D eigenvalue weighted by atomic mass is 10.3. The highest BCUT2D eigenvalue weighted by Gasteiger charge is 2.12. The summed E-state index contributed by atoms with van der Waals surface area (Å²) in [4.78, 5) is 0. The molecule has 0 aliphatic rings. The van der Waals surface area contributed by atoms with Gasteiger partial charge in [0, 0.05) is 11.8 Å². The molecule has 0 bridgehead atoms. The van der Waals surface area contributed by atoms with Gasteiger partial charge < -0.3 is 5.11 Å². The number of aliphatic hydroxyl groups excluding tert-OH is 1. The predicted octanol–water partition coefficient (Wildman–Crippen LogP) is 1.09. The molecule has 5 nitrogen and oxygen atoms in total. The lowest BCUT2D eigenvalue weighted by Crippen LogP contribution is -2.16. The lowest BCUT2D eigenvalue weighted by Gasteiger charge is -2.13. The molecule has 1 aromatic heterocycles. The zero-order valence-corrected chi connectivity index (χ0v) is 10.2. The Bertz CT molecular complexity index is 289. The molecule has 0 fully saturated rings. The van der Waals surface area contributed by atoms with Crippen LogP contribution in [0.5, 0.6) is 0 Å². The first-order chi connectivity index (χ1) is 7.15. The number of hydrogen-bond donors (Lipinski definition) is 1. The van der Waals surface area contributed by atoms with E-state index in [-0.39, 0.29) is 11.4 Å². The fourth-order valence-corrected chi connectivity index (χ4v) is 1.95. The van der Waals surface area contributed by atoms with Gasteiger partial charge in [0.25, 0.3) is 0 Å². The molecule has 0 spiro atoms. The average Bonchev–Trinajstić information content (AvgIpc) is 2.62. The van der Waals surface area contributed by atoms with Crippen molar-refractivity contribution in [2.24, 2.45) is 0 Å². The van der Waals surface area contributed by atoms with E-state index in [1.165, 1.54) is 0 Å². The van der Waals surface area contributed by atoms with Crippen molar-refractivity contribution in [3.8, 4) is 0 Å². The Morgan fingerprint density at radius 3 is 2.80 bits per heavy atom. The molecule has 1 N–H and O–H groups in total. The standard InChI is InChI=1S/C9H18N4OS/c1-4-5-13-9(10-11-12-13)6-15-8(3)7(2)14/h7-8,14H,4-6H2,1-3H3. The van der Waals surface area contributed by atoms with Gasteiger partial charge in [-0.2, -0.15) is 0 Å². The van der Waals surface area contributed by atoms with E-state index in [0.29, 0.717) is 0 Å². The van der Waals surface area contributed by atoms with Crippen LogP contribution in [0.3, 0.4) is 0 Å². The maximum atomic E-state index is 9.34. The molecule has 0 saturated carbocycles. The molecular formula is C9H18N4OS. The predicted molar refractivity (Wildman–Crippen MR) is 60.5 cm³/mol. The van der Waals surface area contributed by atoms with Gasteiger partial charge in [-0.15, -0.1) is 16.9 Å². The van der Waals surface area contributed by atoms with E-state index >= 15 is 0 Å². The summed E-state index contributed by atoms with van der Waals surface area (Å²) < 4.78 is 1.82. The molecular weight excluding hydrogens is 212 g/mol. The highest BCUT2D eigenvalue weighted by Crippen LogP contribution is 2.18. The van der Waals surface area contributed by atoms with E-state index in [2.05, 4.69) is 22.4 Å². The van der Waals surface area contributed by atoms with Crippen LogP contribution in [0.2, 0.25) is 0 Å². The van der Waals surface area contributed by atoms with Crippen LogP contribution < -0.4 is 0 Å². The zero-order chi connectivity index (χ0) is 11.3. The van der Waals surface area contributed by atoms with Gasteiger partial charge in [-0.3, -0.25) is 0 Å². The summed E-state index contributed by atoms with van der Waals surface area (Å²) >= 11 is 1.67. The molecule has 1 rings (SSSR count). The number of thioether (sulfide) groups is 1. The van der Waals surface area contributed by atoms with Crippen LogP contribution in [-0.2, 0) is 12.3 Å². The minimum Gasteiger partial charge on any atom is -0.392 e. The van der Waals surface area contributed by atoms with Crippen molar-refractivity contribution in [1.29, 1.82) is 0 Å². The smallest absolute Gasteiger partial charge is 0.161 e. The molecule has 2 unspecified atom stereocenters. The number of aliphatic hydroxyl groups is 1. The highest BCUT2D eigenvalue weighted by atomic mass is 32.2. The number of aryl methyl sites for hydroxylation is 1. The zero-order valence-electron chi connectivity index (χ0n) is 9.42. The van der Waals surface area contributed by atoms with E-state index in [0.717, 1.165) is 24.5 Å². The first-order valence-electron chi connectivity index (χ1n) is 5.19. The topological polar surface area (TPSA) is 63.8 Å². The van der Waals surface area contributed by atoms with Crippen molar-refractivity contribution in [1.82, 2.24) is 20.2 Å². The van der Waals surface area contributed by atoms with E-state index < -0.39 is 0 Å². The Labute approximate surface area is 94.3 Å². The maximum Gasteiger partial charge on any atom is 0.161 e. The minimum absolute atomic E-state index is 0.205. The maximum absolute atomic E-state index is 9.34. The molecule has 0 aliphatic carbocycles. The molecule has 2 atom stereocenters. The van der Waals surface area contributed by atoms with E-state index in [9.17, 15) is 5.11 Å². The van der Waals surface area contributed by atoms with Crippen molar-refractivity contribution in [2.45, 2.75) is 50.8 Å². The van der Waals surface area contributed by atoms with Gasteiger partial charge in [0.1, 0.15) is 0 Å². The first-order valence-corrected chi connectivity index (χ1v) is 6.24. The molecule has 86 valence electrons. The van der Waals surface area contributed by atoms with Gasteiger partial charge >= 0.3 is 0 Å². The number of hydrogen-bond acceptors (Lipinski definition) is 5. The third-order valence-corrected chi connectivity index (χ3v) is 3.54. The largest absolute Gasteiger partial charge is 0.392 e. The van der Waals surface area contributed by atoms with Gasteiger partial charge in [0.2, 0.25) is 0 Å². The minimum atomic E-state index is -0.300. The quantitative estimate of drug-likeness (QED) is 0.792. The van der Waals surface area contributed by atoms with E-state index in [1.54, 1.807) is 18.7 Å². The third-order valence-electron chi connectivity index (χ3n) is 2.20. The Balaban J connectivity index is 2.46. The number of nitrogens with zero attached hydrogens (tertiary/aromatic N) is 4. The fraction of sp³-hybridized carbons (Fsp3) is 0.889. The summed E-state index contributed by atoms with van der Waals surface area (Å²) in [5.41, 5.74) is 0. The van der Waals surface area contributed by atoms with Crippen LogP contribution >= 0.6 is 11.8 Å². The van der Waals surface area contributed by atoms with Gasteiger partial charge in [0.05, 0.1) is 11.9 Å². The Morgan fingerprint density at radius 1 is 1.47 bits per heavy atom. The van der Waals surface area contributed by atoms with Crippen molar-refractivity contribution >= 4 is 11.8 Å². The van der Waals surface area contributed by atoms with Gasteiger partial charge in [-0.05, 0) is 23.8 Å². The Kier molecular flexibility index (Phi) is 5.04. The summed E-state index contributed by atoms with van der Waals surface area (Å²) in [6, 6.07) is 0. The number of aromatic nitrogens is 4. The van der Waals surface area contributed by atoms with Gasteiger partial charge in [-0.25, -0.2) is 4.68 Å². The van der Waals surface area contributed by atoms with Gasteiger partial charge in [-0.1, -0.05) is 13.8 Å².